The van der Waals surface area contributed by atoms with Gasteiger partial charge in [-0.05, 0) is 38.4 Å². The zero-order chi connectivity index (χ0) is 10.4. The molecule has 4 heteroatoms. The second-order valence-corrected chi connectivity index (χ2v) is 3.30. The van der Waals surface area contributed by atoms with Crippen LogP contribution in [0.4, 0.5) is 11.4 Å². The maximum Gasteiger partial charge on any atom is 0.0673 e. The van der Waals surface area contributed by atoms with E-state index in [0.29, 0.717) is 0 Å². The molecule has 0 fully saturated rings. The highest BCUT2D eigenvalue weighted by atomic mass is 16.6. The van der Waals surface area contributed by atoms with E-state index in [9.17, 15) is 0 Å². The largest absolute Gasteiger partial charge is 0.372 e. The Morgan fingerprint density at radius 1 is 1.14 bits per heavy atom. The molecule has 4 nitrogen and oxygen atoms in total. The average Bonchev–Trinajstić information content (AvgIpc) is 2.17. The summed E-state index contributed by atoms with van der Waals surface area (Å²) >= 11 is 0. The molecule has 78 valence electrons. The summed E-state index contributed by atoms with van der Waals surface area (Å²) < 4.78 is 0. The number of nitrogens with one attached hydrogen (secondary N) is 2. The molecule has 0 aliphatic rings. The fraction of sp³-hybridized carbons (Fsp3) is 0.400. The van der Waals surface area contributed by atoms with Gasteiger partial charge in [0.2, 0.25) is 0 Å². The molecule has 1 aromatic carbocycles. The average molecular weight is 195 g/mol. The van der Waals surface area contributed by atoms with Gasteiger partial charge in [0, 0.05) is 5.69 Å². The van der Waals surface area contributed by atoms with Crippen molar-refractivity contribution in [3.63, 3.8) is 0 Å². The summed E-state index contributed by atoms with van der Waals surface area (Å²) in [7, 11) is 5.64. The molecule has 14 heavy (non-hydrogen) atoms. The van der Waals surface area contributed by atoms with Crippen LogP contribution >= 0.6 is 0 Å². The minimum Gasteiger partial charge on any atom is -0.372 e. The molecule has 0 amide bonds. The lowest BCUT2D eigenvalue weighted by atomic mass is 10.3. The van der Waals surface area contributed by atoms with E-state index in [1.165, 1.54) is 0 Å². The summed E-state index contributed by atoms with van der Waals surface area (Å²) in [5, 5.41) is 3.27. The van der Waals surface area contributed by atoms with E-state index in [1.807, 2.05) is 38.4 Å². The topological polar surface area (TPSA) is 36.5 Å². The molecule has 0 aliphatic heterocycles. The minimum absolute atomic E-state index is 0.830. The Hall–Kier alpha value is -1.26. The Morgan fingerprint density at radius 3 is 2.21 bits per heavy atom. The van der Waals surface area contributed by atoms with Crippen molar-refractivity contribution in [1.82, 2.24) is 4.90 Å². The molecule has 1 rings (SSSR count). The van der Waals surface area contributed by atoms with Crippen molar-refractivity contribution in [3.05, 3.63) is 24.3 Å². The Balaban J connectivity index is 2.46. The van der Waals surface area contributed by atoms with Crippen molar-refractivity contribution >= 4 is 11.4 Å². The van der Waals surface area contributed by atoms with Crippen LogP contribution in [0.15, 0.2) is 24.3 Å². The number of benzene rings is 1. The van der Waals surface area contributed by atoms with Crippen LogP contribution in [-0.2, 0) is 4.84 Å². The lowest BCUT2D eigenvalue weighted by molar-refractivity contribution is 0.271. The summed E-state index contributed by atoms with van der Waals surface area (Å²) in [5.41, 5.74) is 4.81. The van der Waals surface area contributed by atoms with Gasteiger partial charge in [0.1, 0.15) is 0 Å². The molecular weight excluding hydrogens is 178 g/mol. The van der Waals surface area contributed by atoms with Crippen LogP contribution in [0.3, 0.4) is 0 Å². The lowest BCUT2D eigenvalue weighted by Gasteiger charge is -2.12. The highest BCUT2D eigenvalue weighted by Gasteiger charge is 1.93. The van der Waals surface area contributed by atoms with Crippen molar-refractivity contribution in [3.8, 4) is 0 Å². The fourth-order valence-electron chi connectivity index (χ4n) is 1.02. The molecule has 0 bridgehead atoms. The Morgan fingerprint density at radius 2 is 1.71 bits per heavy atom. The van der Waals surface area contributed by atoms with Crippen LogP contribution in [0.5, 0.6) is 0 Å². The van der Waals surface area contributed by atoms with Crippen molar-refractivity contribution in [2.45, 2.75) is 0 Å². The van der Waals surface area contributed by atoms with E-state index in [2.05, 4.69) is 15.7 Å². The Kier molecular flexibility index (Phi) is 4.22. The standard InChI is InChI=1S/C10H17N3O/c1-13(2)8-11-9-4-6-10(7-5-9)12-14-3/h4-7,11-12H,8H2,1-3H3. The van der Waals surface area contributed by atoms with Gasteiger partial charge in [-0.1, -0.05) is 0 Å². The van der Waals surface area contributed by atoms with Crippen LogP contribution in [0.25, 0.3) is 0 Å². The first-order valence-corrected chi connectivity index (χ1v) is 4.50. The van der Waals surface area contributed by atoms with Gasteiger partial charge in [0.15, 0.2) is 0 Å². The highest BCUT2D eigenvalue weighted by molar-refractivity contribution is 5.52. The predicted octanol–water partition coefficient (Wildman–Crippen LogP) is 1.59. The number of hydrogen-bond donors (Lipinski definition) is 2. The first-order chi connectivity index (χ1) is 6.72. The first kappa shape index (κ1) is 10.8. The Bertz CT molecular complexity index is 259. The number of anilines is 2. The van der Waals surface area contributed by atoms with Crippen LogP contribution in [0, 0.1) is 0 Å². The zero-order valence-electron chi connectivity index (χ0n) is 8.87. The molecule has 0 aliphatic carbocycles. The van der Waals surface area contributed by atoms with Crippen LogP contribution < -0.4 is 10.8 Å². The molecule has 0 saturated heterocycles. The summed E-state index contributed by atoms with van der Waals surface area (Å²) in [6, 6.07) is 7.93. The molecule has 0 atom stereocenters. The van der Waals surface area contributed by atoms with Gasteiger partial charge < -0.3 is 5.32 Å². The summed E-state index contributed by atoms with van der Waals surface area (Å²) in [4.78, 5) is 6.86. The fourth-order valence-corrected chi connectivity index (χ4v) is 1.02. The second kappa shape index (κ2) is 5.47. The van der Waals surface area contributed by atoms with E-state index < -0.39 is 0 Å². The van der Waals surface area contributed by atoms with Gasteiger partial charge in [0.05, 0.1) is 19.5 Å². The van der Waals surface area contributed by atoms with Gasteiger partial charge in [-0.15, -0.1) is 0 Å². The number of hydrogen-bond acceptors (Lipinski definition) is 4. The smallest absolute Gasteiger partial charge is 0.0673 e. The second-order valence-electron chi connectivity index (χ2n) is 3.30. The van der Waals surface area contributed by atoms with Gasteiger partial charge >= 0.3 is 0 Å². The van der Waals surface area contributed by atoms with Crippen molar-refractivity contribution < 1.29 is 4.84 Å². The third-order valence-electron chi connectivity index (χ3n) is 1.70. The third kappa shape index (κ3) is 3.64. The normalized spacial score (nSPS) is 10.3. The van der Waals surface area contributed by atoms with E-state index in [0.717, 1.165) is 18.0 Å². The molecule has 2 N–H and O–H groups in total. The third-order valence-corrected chi connectivity index (χ3v) is 1.70. The monoisotopic (exact) mass is 195 g/mol. The van der Waals surface area contributed by atoms with Gasteiger partial charge in [-0.25, -0.2) is 0 Å². The van der Waals surface area contributed by atoms with E-state index in [4.69, 9.17) is 4.84 Å². The van der Waals surface area contributed by atoms with E-state index in [-0.39, 0.29) is 0 Å². The molecule has 0 unspecified atom stereocenters. The van der Waals surface area contributed by atoms with E-state index in [1.54, 1.807) is 7.11 Å². The molecule has 0 spiro atoms. The van der Waals surface area contributed by atoms with Gasteiger partial charge in [-0.2, -0.15) is 0 Å². The maximum atomic E-state index is 4.79. The van der Waals surface area contributed by atoms with Crippen LogP contribution in [0.2, 0.25) is 0 Å². The molecule has 0 radical (unpaired) electrons. The molecule has 0 saturated carbocycles. The van der Waals surface area contributed by atoms with Crippen molar-refractivity contribution in [2.75, 3.05) is 38.7 Å². The summed E-state index contributed by atoms with van der Waals surface area (Å²) in [6.07, 6.45) is 0. The number of nitrogens with zero attached hydrogens (tertiary/aromatic N) is 1. The predicted molar refractivity (Wildman–Crippen MR) is 59.3 cm³/mol. The van der Waals surface area contributed by atoms with Gasteiger partial charge in [0.25, 0.3) is 0 Å². The summed E-state index contributed by atoms with van der Waals surface area (Å²) in [6.45, 7) is 0.830. The van der Waals surface area contributed by atoms with Crippen molar-refractivity contribution in [2.24, 2.45) is 0 Å². The minimum atomic E-state index is 0.830. The quantitative estimate of drug-likeness (QED) is 0.552. The van der Waals surface area contributed by atoms with Gasteiger partial charge in [-0.3, -0.25) is 15.2 Å². The molecular formula is C10H17N3O. The maximum absolute atomic E-state index is 4.79. The van der Waals surface area contributed by atoms with Crippen LogP contribution in [0.1, 0.15) is 0 Å². The van der Waals surface area contributed by atoms with E-state index >= 15 is 0 Å². The highest BCUT2D eigenvalue weighted by Crippen LogP contribution is 2.12. The Labute approximate surface area is 84.8 Å². The zero-order valence-corrected chi connectivity index (χ0v) is 8.87. The van der Waals surface area contributed by atoms with Crippen molar-refractivity contribution in [1.29, 1.82) is 0 Å². The number of rotatable bonds is 5. The summed E-state index contributed by atoms with van der Waals surface area (Å²) in [5.74, 6) is 0. The first-order valence-electron chi connectivity index (χ1n) is 4.50. The molecule has 1 aromatic rings. The van der Waals surface area contributed by atoms with Crippen LogP contribution in [-0.4, -0.2) is 32.8 Å². The SMILES string of the molecule is CONc1ccc(NCN(C)C)cc1. The molecule has 0 heterocycles. The lowest BCUT2D eigenvalue weighted by Crippen LogP contribution is -2.20. The molecule has 0 aromatic heterocycles.